The van der Waals surface area contributed by atoms with Crippen LogP contribution in [-0.2, 0) is 11.3 Å². The van der Waals surface area contributed by atoms with Crippen molar-refractivity contribution in [2.75, 3.05) is 6.61 Å². The monoisotopic (exact) mass is 382 g/mol. The lowest BCUT2D eigenvalue weighted by Crippen LogP contribution is -2.05. The van der Waals surface area contributed by atoms with Crippen LogP contribution in [0.5, 0.6) is 0 Å². The molecule has 0 bridgehead atoms. The van der Waals surface area contributed by atoms with Crippen LogP contribution in [0.4, 0.5) is 0 Å². The average Bonchev–Trinajstić information content (AvgIpc) is 3.16. The first-order valence-corrected chi connectivity index (χ1v) is 8.91. The normalized spacial score (nSPS) is 10.9. The minimum Gasteiger partial charge on any atom is -0.462 e. The number of benzene rings is 2. The van der Waals surface area contributed by atoms with Crippen molar-refractivity contribution in [3.8, 4) is 11.3 Å². The van der Waals surface area contributed by atoms with Gasteiger partial charge in [-0.05, 0) is 48.9 Å². The molecule has 138 valence electrons. The molecule has 0 fully saturated rings. The molecule has 27 heavy (non-hydrogen) atoms. The summed E-state index contributed by atoms with van der Waals surface area (Å²) < 4.78 is 10.8. The predicted molar refractivity (Wildman–Crippen MR) is 106 cm³/mol. The first kappa shape index (κ1) is 18.7. The summed E-state index contributed by atoms with van der Waals surface area (Å²) in [5.41, 5.74) is 5.33. The van der Waals surface area contributed by atoms with Gasteiger partial charge in [-0.15, -0.1) is 0 Å². The molecular weight excluding hydrogens is 364 g/mol. The first-order chi connectivity index (χ1) is 13.2. The van der Waals surface area contributed by atoms with Crippen molar-refractivity contribution in [2.24, 2.45) is 5.10 Å². The second-order valence-electron chi connectivity index (χ2n) is 5.72. The lowest BCUT2D eigenvalue weighted by atomic mass is 10.1. The van der Waals surface area contributed by atoms with Crippen LogP contribution in [0.2, 0.25) is 5.02 Å². The summed E-state index contributed by atoms with van der Waals surface area (Å²) in [6.07, 6.45) is 1.61. The maximum Gasteiger partial charge on any atom is 0.338 e. The number of hydrogen-bond donors (Lipinski definition) is 1. The molecule has 5 nitrogen and oxygen atoms in total. The second kappa shape index (κ2) is 9.05. The molecule has 0 aliphatic heterocycles. The van der Waals surface area contributed by atoms with E-state index in [9.17, 15) is 4.79 Å². The molecule has 1 heterocycles. The van der Waals surface area contributed by atoms with Crippen LogP contribution in [0.15, 0.2) is 70.2 Å². The van der Waals surface area contributed by atoms with Gasteiger partial charge in [0, 0.05) is 10.6 Å². The second-order valence-corrected chi connectivity index (χ2v) is 6.16. The van der Waals surface area contributed by atoms with Gasteiger partial charge in [-0.1, -0.05) is 35.9 Å². The number of hydrogen-bond acceptors (Lipinski definition) is 5. The molecule has 0 radical (unpaired) electrons. The Kier molecular flexibility index (Phi) is 6.28. The molecular formula is C21H19ClN2O3. The van der Waals surface area contributed by atoms with Gasteiger partial charge in [0.25, 0.3) is 0 Å². The van der Waals surface area contributed by atoms with Gasteiger partial charge in [-0.2, -0.15) is 5.10 Å². The van der Waals surface area contributed by atoms with Crippen LogP contribution in [0.3, 0.4) is 0 Å². The lowest BCUT2D eigenvalue weighted by molar-refractivity contribution is 0.0526. The highest BCUT2D eigenvalue weighted by molar-refractivity contribution is 6.30. The summed E-state index contributed by atoms with van der Waals surface area (Å²) >= 11 is 5.86. The van der Waals surface area contributed by atoms with E-state index in [1.54, 1.807) is 31.3 Å². The fraction of sp³-hybridized carbons (Fsp3) is 0.143. The molecule has 0 unspecified atom stereocenters. The standard InChI is InChI=1S/C21H19ClN2O3/c1-2-26-21(25)17-5-3-4-16(12-17)20-11-10-19(27-20)14-24-23-13-15-6-8-18(22)9-7-15/h3-12,14,23H,2,13H2,1H3/b24-14-. The Bertz CT molecular complexity index is 933. The van der Waals surface area contributed by atoms with Crippen LogP contribution in [-0.4, -0.2) is 18.8 Å². The largest absolute Gasteiger partial charge is 0.462 e. The highest BCUT2D eigenvalue weighted by Crippen LogP contribution is 2.23. The van der Waals surface area contributed by atoms with Crippen LogP contribution in [0.1, 0.15) is 28.6 Å². The van der Waals surface area contributed by atoms with Gasteiger partial charge in [0.15, 0.2) is 0 Å². The molecule has 0 saturated heterocycles. The maximum absolute atomic E-state index is 11.9. The SMILES string of the molecule is CCOC(=O)c1cccc(-c2ccc(/C=N\NCc3ccc(Cl)cc3)o2)c1. The van der Waals surface area contributed by atoms with Crippen molar-refractivity contribution in [1.82, 2.24) is 5.43 Å². The van der Waals surface area contributed by atoms with Gasteiger partial charge in [-0.25, -0.2) is 4.79 Å². The highest BCUT2D eigenvalue weighted by Gasteiger charge is 2.09. The summed E-state index contributed by atoms with van der Waals surface area (Å²) in [5, 5.41) is 4.87. The topological polar surface area (TPSA) is 63.8 Å². The highest BCUT2D eigenvalue weighted by atomic mass is 35.5. The van der Waals surface area contributed by atoms with E-state index in [4.69, 9.17) is 20.8 Å². The molecule has 0 spiro atoms. The molecule has 0 aliphatic rings. The van der Waals surface area contributed by atoms with Crippen LogP contribution >= 0.6 is 11.6 Å². The fourth-order valence-electron chi connectivity index (χ4n) is 2.44. The Morgan fingerprint density at radius 3 is 2.78 bits per heavy atom. The van der Waals surface area contributed by atoms with Gasteiger partial charge >= 0.3 is 5.97 Å². The van der Waals surface area contributed by atoms with E-state index in [2.05, 4.69) is 10.5 Å². The van der Waals surface area contributed by atoms with Crippen molar-refractivity contribution < 1.29 is 13.9 Å². The third kappa shape index (κ3) is 5.21. The molecule has 3 rings (SSSR count). The zero-order chi connectivity index (χ0) is 19.1. The van der Waals surface area contributed by atoms with Crippen molar-refractivity contribution >= 4 is 23.8 Å². The Hall–Kier alpha value is -3.05. The number of nitrogens with one attached hydrogen (secondary N) is 1. The maximum atomic E-state index is 11.9. The van der Waals surface area contributed by atoms with E-state index in [1.165, 1.54) is 0 Å². The quantitative estimate of drug-likeness (QED) is 0.358. The van der Waals surface area contributed by atoms with Gasteiger partial charge < -0.3 is 14.6 Å². The fourth-order valence-corrected chi connectivity index (χ4v) is 2.57. The van der Waals surface area contributed by atoms with Crippen molar-refractivity contribution in [3.63, 3.8) is 0 Å². The molecule has 0 amide bonds. The van der Waals surface area contributed by atoms with Gasteiger partial charge in [-0.3, -0.25) is 0 Å². The lowest BCUT2D eigenvalue weighted by Gasteiger charge is -2.03. The molecule has 0 aliphatic carbocycles. The summed E-state index contributed by atoms with van der Waals surface area (Å²) in [4.78, 5) is 11.9. The summed E-state index contributed by atoms with van der Waals surface area (Å²) in [6.45, 7) is 2.71. The molecule has 2 aromatic carbocycles. The number of esters is 1. The van der Waals surface area contributed by atoms with Crippen molar-refractivity contribution in [1.29, 1.82) is 0 Å². The third-order valence-electron chi connectivity index (χ3n) is 3.76. The summed E-state index contributed by atoms with van der Waals surface area (Å²) in [6, 6.07) is 18.3. The van der Waals surface area contributed by atoms with E-state index in [0.717, 1.165) is 11.1 Å². The zero-order valence-corrected chi connectivity index (χ0v) is 15.6. The summed E-state index contributed by atoms with van der Waals surface area (Å²) in [7, 11) is 0. The van der Waals surface area contributed by atoms with Crippen molar-refractivity contribution in [3.05, 3.63) is 82.6 Å². The Balaban J connectivity index is 1.62. The van der Waals surface area contributed by atoms with Gasteiger partial charge in [0.1, 0.15) is 11.5 Å². The number of rotatable bonds is 7. The van der Waals surface area contributed by atoms with Gasteiger partial charge in [0.2, 0.25) is 0 Å². The molecule has 1 N–H and O–H groups in total. The number of carbonyl (C=O) groups excluding carboxylic acids is 1. The minimum atomic E-state index is -0.348. The van der Waals surface area contributed by atoms with E-state index in [-0.39, 0.29) is 5.97 Å². The molecule has 1 aromatic heterocycles. The third-order valence-corrected chi connectivity index (χ3v) is 4.02. The van der Waals surface area contributed by atoms with Crippen LogP contribution < -0.4 is 5.43 Å². The van der Waals surface area contributed by atoms with Crippen LogP contribution in [0, 0.1) is 0 Å². The molecule has 0 saturated carbocycles. The molecule has 0 atom stereocenters. The molecule has 3 aromatic rings. The minimum absolute atomic E-state index is 0.341. The number of hydrazone groups is 1. The zero-order valence-electron chi connectivity index (χ0n) is 14.8. The molecule has 6 heteroatoms. The van der Waals surface area contributed by atoms with E-state index in [1.807, 2.05) is 42.5 Å². The smallest absolute Gasteiger partial charge is 0.338 e. The van der Waals surface area contributed by atoms with Crippen LogP contribution in [0.25, 0.3) is 11.3 Å². The van der Waals surface area contributed by atoms with Gasteiger partial charge in [0.05, 0.1) is 24.9 Å². The van der Waals surface area contributed by atoms with E-state index in [0.29, 0.717) is 35.3 Å². The number of halogens is 1. The number of ether oxygens (including phenoxy) is 1. The average molecular weight is 383 g/mol. The Labute approximate surface area is 162 Å². The van der Waals surface area contributed by atoms with E-state index < -0.39 is 0 Å². The predicted octanol–water partition coefficient (Wildman–Crippen LogP) is 4.90. The number of carbonyl (C=O) groups is 1. The first-order valence-electron chi connectivity index (χ1n) is 8.53. The summed E-state index contributed by atoms with van der Waals surface area (Å²) in [5.74, 6) is 0.912. The Morgan fingerprint density at radius 1 is 1.19 bits per heavy atom. The van der Waals surface area contributed by atoms with E-state index >= 15 is 0 Å². The number of nitrogens with zero attached hydrogens (tertiary/aromatic N) is 1. The van der Waals surface area contributed by atoms with Crippen molar-refractivity contribution in [2.45, 2.75) is 13.5 Å². The number of furan rings is 1. The Morgan fingerprint density at radius 2 is 2.00 bits per heavy atom.